The number of benzene rings is 1. The molecule has 0 bridgehead atoms. The molecule has 0 aliphatic rings. The van der Waals surface area contributed by atoms with E-state index in [1.54, 1.807) is 4.90 Å². The molecule has 6 heteroatoms. The zero-order valence-corrected chi connectivity index (χ0v) is 11.6. The zero-order valence-electron chi connectivity index (χ0n) is 10.1. The molecule has 0 unspecified atom stereocenters. The van der Waals surface area contributed by atoms with Crippen LogP contribution >= 0.6 is 23.2 Å². The smallest absolute Gasteiger partial charge is 0.317 e. The van der Waals surface area contributed by atoms with Crippen LogP contribution in [0.15, 0.2) is 12.1 Å². The van der Waals surface area contributed by atoms with E-state index in [9.17, 15) is 9.18 Å². The minimum atomic E-state index is -0.923. The average Bonchev–Trinajstić information content (AvgIpc) is 2.28. The molecule has 0 spiro atoms. The Morgan fingerprint density at radius 1 is 1.39 bits per heavy atom. The number of aliphatic carboxylic acids is 1. The lowest BCUT2D eigenvalue weighted by Gasteiger charge is -2.25. The molecule has 1 aromatic rings. The number of nitrogens with zero attached hydrogens (tertiary/aromatic N) is 1. The van der Waals surface area contributed by atoms with E-state index in [-0.39, 0.29) is 22.6 Å². The van der Waals surface area contributed by atoms with Crippen molar-refractivity contribution >= 4 is 29.2 Å². The molecule has 0 saturated carbocycles. The quantitative estimate of drug-likeness (QED) is 0.846. The van der Waals surface area contributed by atoms with Crippen LogP contribution < -0.4 is 0 Å². The Hall–Kier alpha value is -0.840. The molecule has 0 heterocycles. The molecule has 0 radical (unpaired) electrons. The van der Waals surface area contributed by atoms with Crippen molar-refractivity contribution in [3.05, 3.63) is 33.6 Å². The average molecular weight is 294 g/mol. The van der Waals surface area contributed by atoms with Crippen LogP contribution in [0.1, 0.15) is 19.4 Å². The van der Waals surface area contributed by atoms with Crippen LogP contribution in [0.3, 0.4) is 0 Å². The number of hydrogen-bond acceptors (Lipinski definition) is 2. The van der Waals surface area contributed by atoms with Crippen LogP contribution in [0.2, 0.25) is 10.0 Å². The summed E-state index contributed by atoms with van der Waals surface area (Å²) in [6.45, 7) is 3.95. The second-order valence-corrected chi connectivity index (χ2v) is 4.98. The van der Waals surface area contributed by atoms with Crippen molar-refractivity contribution in [1.29, 1.82) is 0 Å². The van der Waals surface area contributed by atoms with Crippen LogP contribution in [0.5, 0.6) is 0 Å². The van der Waals surface area contributed by atoms with Gasteiger partial charge in [-0.15, -0.1) is 0 Å². The molecule has 0 fully saturated rings. The normalized spacial score (nSPS) is 11.3. The van der Waals surface area contributed by atoms with E-state index < -0.39 is 11.8 Å². The van der Waals surface area contributed by atoms with Gasteiger partial charge in [-0.2, -0.15) is 0 Å². The van der Waals surface area contributed by atoms with Gasteiger partial charge in [0.15, 0.2) is 0 Å². The summed E-state index contributed by atoms with van der Waals surface area (Å²) < 4.78 is 13.1. The fraction of sp³-hybridized carbons (Fsp3) is 0.417. The number of carboxylic acid groups (broad SMARTS) is 1. The van der Waals surface area contributed by atoms with Gasteiger partial charge in [0, 0.05) is 12.6 Å². The Labute approximate surface area is 115 Å². The number of rotatable bonds is 5. The summed E-state index contributed by atoms with van der Waals surface area (Å²) in [6, 6.07) is 2.77. The lowest BCUT2D eigenvalue weighted by Crippen LogP contribution is -2.35. The maximum Gasteiger partial charge on any atom is 0.317 e. The van der Waals surface area contributed by atoms with Gasteiger partial charge in [0.05, 0.1) is 16.6 Å². The Bertz CT molecular complexity index is 452. The summed E-state index contributed by atoms with van der Waals surface area (Å²) in [5, 5.41) is 8.82. The van der Waals surface area contributed by atoms with E-state index in [0.29, 0.717) is 12.1 Å². The summed E-state index contributed by atoms with van der Waals surface area (Å²) in [6.07, 6.45) is 0. The molecule has 0 aliphatic heterocycles. The highest BCUT2D eigenvalue weighted by atomic mass is 35.5. The summed E-state index contributed by atoms with van der Waals surface area (Å²) in [5.74, 6) is -1.51. The van der Waals surface area contributed by atoms with Crippen molar-refractivity contribution in [2.75, 3.05) is 6.54 Å². The van der Waals surface area contributed by atoms with Gasteiger partial charge in [0.1, 0.15) is 5.82 Å². The number of carbonyl (C=O) groups is 1. The molecule has 100 valence electrons. The van der Waals surface area contributed by atoms with Gasteiger partial charge in [0.25, 0.3) is 0 Å². The summed E-state index contributed by atoms with van der Waals surface area (Å²) in [5.41, 5.74) is 0.609. The van der Waals surface area contributed by atoms with Gasteiger partial charge in [-0.1, -0.05) is 29.3 Å². The predicted molar refractivity (Wildman–Crippen MR) is 69.6 cm³/mol. The van der Waals surface area contributed by atoms with E-state index >= 15 is 0 Å². The second-order valence-electron chi connectivity index (χ2n) is 4.23. The fourth-order valence-corrected chi connectivity index (χ4v) is 1.90. The summed E-state index contributed by atoms with van der Waals surface area (Å²) in [4.78, 5) is 12.5. The van der Waals surface area contributed by atoms with Gasteiger partial charge in [-0.3, -0.25) is 9.69 Å². The first kappa shape index (κ1) is 15.2. The van der Waals surface area contributed by atoms with E-state index in [4.69, 9.17) is 28.3 Å². The van der Waals surface area contributed by atoms with Crippen molar-refractivity contribution in [2.45, 2.75) is 26.4 Å². The van der Waals surface area contributed by atoms with Gasteiger partial charge in [-0.25, -0.2) is 4.39 Å². The molecule has 0 aliphatic carbocycles. The number of halogens is 3. The first-order chi connectivity index (χ1) is 8.32. The van der Waals surface area contributed by atoms with E-state index in [1.165, 1.54) is 12.1 Å². The van der Waals surface area contributed by atoms with Crippen LogP contribution in [-0.4, -0.2) is 28.6 Å². The second kappa shape index (κ2) is 6.36. The molecule has 0 amide bonds. The summed E-state index contributed by atoms with van der Waals surface area (Å²) in [7, 11) is 0. The van der Waals surface area contributed by atoms with Crippen molar-refractivity contribution in [1.82, 2.24) is 4.90 Å². The molecular weight excluding hydrogens is 280 g/mol. The van der Waals surface area contributed by atoms with Crippen LogP contribution in [0.25, 0.3) is 0 Å². The SMILES string of the molecule is CC(C)N(CC(=O)O)Cc1ccc(F)c(Cl)c1Cl. The maximum atomic E-state index is 13.1. The lowest BCUT2D eigenvalue weighted by molar-refractivity contribution is -0.138. The largest absolute Gasteiger partial charge is 0.480 e. The predicted octanol–water partition coefficient (Wildman–Crippen LogP) is 3.43. The zero-order chi connectivity index (χ0) is 13.9. The lowest BCUT2D eigenvalue weighted by atomic mass is 10.2. The molecular formula is C12H14Cl2FNO2. The first-order valence-corrected chi connectivity index (χ1v) is 6.16. The molecule has 1 N–H and O–H groups in total. The molecule has 1 rings (SSSR count). The topological polar surface area (TPSA) is 40.5 Å². The van der Waals surface area contributed by atoms with Crippen molar-refractivity contribution in [3.63, 3.8) is 0 Å². The molecule has 18 heavy (non-hydrogen) atoms. The molecule has 1 aromatic carbocycles. The third-order valence-electron chi connectivity index (χ3n) is 2.56. The van der Waals surface area contributed by atoms with Crippen molar-refractivity contribution in [2.24, 2.45) is 0 Å². The van der Waals surface area contributed by atoms with E-state index in [1.807, 2.05) is 13.8 Å². The maximum absolute atomic E-state index is 13.1. The van der Waals surface area contributed by atoms with Crippen LogP contribution in [0, 0.1) is 5.82 Å². The fourth-order valence-electron chi connectivity index (χ4n) is 1.50. The number of hydrogen-bond donors (Lipinski definition) is 1. The molecule has 0 aromatic heterocycles. The third kappa shape index (κ3) is 3.83. The van der Waals surface area contributed by atoms with E-state index in [0.717, 1.165) is 0 Å². The highest BCUT2D eigenvalue weighted by Crippen LogP contribution is 2.29. The van der Waals surface area contributed by atoms with Gasteiger partial charge < -0.3 is 5.11 Å². The Kier molecular flexibility index (Phi) is 5.38. The monoisotopic (exact) mass is 293 g/mol. The van der Waals surface area contributed by atoms with E-state index in [2.05, 4.69) is 0 Å². The minimum absolute atomic E-state index is 0.0287. The van der Waals surface area contributed by atoms with Crippen molar-refractivity contribution in [3.8, 4) is 0 Å². The van der Waals surface area contributed by atoms with Crippen molar-refractivity contribution < 1.29 is 14.3 Å². The Morgan fingerprint density at radius 2 is 2.00 bits per heavy atom. The standard InChI is InChI=1S/C12H14Cl2FNO2/c1-7(2)16(6-10(17)18)5-8-3-4-9(15)12(14)11(8)13/h3-4,7H,5-6H2,1-2H3,(H,17,18). The summed E-state index contributed by atoms with van der Waals surface area (Å²) >= 11 is 11.6. The van der Waals surface area contributed by atoms with Gasteiger partial charge in [-0.05, 0) is 25.5 Å². The molecule has 0 atom stereocenters. The molecule has 0 saturated heterocycles. The van der Waals surface area contributed by atoms with Gasteiger partial charge >= 0.3 is 5.97 Å². The Balaban J connectivity index is 2.94. The Morgan fingerprint density at radius 3 is 2.50 bits per heavy atom. The third-order valence-corrected chi connectivity index (χ3v) is 3.46. The molecule has 3 nitrogen and oxygen atoms in total. The highest BCUT2D eigenvalue weighted by Gasteiger charge is 2.17. The van der Waals surface area contributed by atoms with Crippen LogP contribution in [0.4, 0.5) is 4.39 Å². The number of carboxylic acids is 1. The first-order valence-electron chi connectivity index (χ1n) is 5.41. The minimum Gasteiger partial charge on any atom is -0.480 e. The van der Waals surface area contributed by atoms with Crippen LogP contribution in [-0.2, 0) is 11.3 Å². The highest BCUT2D eigenvalue weighted by molar-refractivity contribution is 6.42. The van der Waals surface area contributed by atoms with Gasteiger partial charge in [0.2, 0.25) is 0 Å².